The van der Waals surface area contributed by atoms with Gasteiger partial charge < -0.3 is 29.5 Å². The van der Waals surface area contributed by atoms with Crippen molar-refractivity contribution in [1.82, 2.24) is 0 Å². The highest BCUT2D eigenvalue weighted by Crippen LogP contribution is 2.63. The molecule has 0 aliphatic heterocycles. The molecule has 43 heavy (non-hydrogen) atoms. The molecule has 236 valence electrons. The van der Waals surface area contributed by atoms with Gasteiger partial charge in [-0.3, -0.25) is 14.4 Å². The maximum Gasteiger partial charge on any atom is 0.338 e. The quantitative estimate of drug-likeness (QED) is 0.337. The molecule has 0 radical (unpaired) electrons. The minimum absolute atomic E-state index is 0.0577. The lowest BCUT2D eigenvalue weighted by Crippen LogP contribution is -2.76. The van der Waals surface area contributed by atoms with Gasteiger partial charge in [-0.25, -0.2) is 9.18 Å². The predicted octanol–water partition coefficient (Wildman–Crippen LogP) is 3.21. The Labute approximate surface area is 250 Å². The van der Waals surface area contributed by atoms with E-state index in [1.807, 2.05) is 0 Å². The number of aliphatic hydroxyl groups excluding tert-OH is 2. The van der Waals surface area contributed by atoms with Crippen LogP contribution in [0.25, 0.3) is 0 Å². The Kier molecular flexibility index (Phi) is 8.45. The predicted molar refractivity (Wildman–Crippen MR) is 150 cm³/mol. The van der Waals surface area contributed by atoms with Gasteiger partial charge in [-0.05, 0) is 31.1 Å². The van der Waals surface area contributed by atoms with Crippen molar-refractivity contribution >= 4 is 23.7 Å². The van der Waals surface area contributed by atoms with Crippen molar-refractivity contribution in [3.8, 4) is 0 Å². The number of hydrogen-bond donors (Lipinski definition) is 3. The molecule has 3 aliphatic rings. The molecular weight excluding hydrogens is 563 g/mol. The van der Waals surface area contributed by atoms with Gasteiger partial charge in [0.1, 0.15) is 23.5 Å². The summed E-state index contributed by atoms with van der Waals surface area (Å²) in [5.74, 6) is -6.74. The van der Waals surface area contributed by atoms with E-state index >= 15 is 4.39 Å². The fourth-order valence-corrected chi connectivity index (χ4v) is 7.85. The minimum atomic E-state index is -2.26. The molecule has 2 fully saturated rings. The number of halogens is 1. The first-order valence-electron chi connectivity index (χ1n) is 14.6. The number of fused-ring (bicyclic) bond motifs is 3. The van der Waals surface area contributed by atoms with Crippen molar-refractivity contribution in [2.75, 3.05) is 0 Å². The molecule has 10 nitrogen and oxygen atoms in total. The van der Waals surface area contributed by atoms with Crippen molar-refractivity contribution in [3.05, 3.63) is 47.2 Å². The summed E-state index contributed by atoms with van der Waals surface area (Å²) in [4.78, 5) is 53.4. The van der Waals surface area contributed by atoms with Gasteiger partial charge in [0.15, 0.2) is 5.76 Å². The molecule has 2 bridgehead atoms. The topological polar surface area (TPSA) is 157 Å². The average Bonchev–Trinajstić information content (AvgIpc) is 2.92. The number of ether oxygens (including phenoxy) is 3. The van der Waals surface area contributed by atoms with E-state index in [0.717, 1.165) is 13.8 Å². The summed E-state index contributed by atoms with van der Waals surface area (Å²) in [7, 11) is 0. The summed E-state index contributed by atoms with van der Waals surface area (Å²) in [6.07, 6.45) is -8.15. The number of alkyl halides is 1. The van der Waals surface area contributed by atoms with Crippen LogP contribution in [-0.4, -0.2) is 74.7 Å². The number of esters is 3. The first-order chi connectivity index (χ1) is 19.9. The molecule has 3 N–H and O–H groups in total. The SMILES string of the molecule is CC[C@@]1(OC(C)=O)C2[C@H](OC(=O)c3ccccc3)[C@]3(O)C[C@H](O)C(C)C(=C(OC(C)=O)C(=O)[C@]2(C)C(F)C[C@H]1O)C3(C)C. The zero-order chi connectivity index (χ0) is 32.3. The molecule has 4 rings (SSSR count). The number of carbonyl (C=O) groups excluding carboxylic acids is 4. The van der Waals surface area contributed by atoms with Crippen LogP contribution < -0.4 is 0 Å². The Hall–Kier alpha value is -3.15. The number of allylic oxidation sites excluding steroid dienone is 1. The molecule has 0 spiro atoms. The fraction of sp³-hybridized carbons (Fsp3) is 0.625. The molecule has 1 aromatic rings. The minimum Gasteiger partial charge on any atom is -0.456 e. The van der Waals surface area contributed by atoms with E-state index in [4.69, 9.17) is 14.2 Å². The van der Waals surface area contributed by atoms with Crippen LogP contribution in [0.4, 0.5) is 4.39 Å². The second-order valence-electron chi connectivity index (χ2n) is 12.8. The largest absolute Gasteiger partial charge is 0.456 e. The second-order valence-corrected chi connectivity index (χ2v) is 12.8. The maximum atomic E-state index is 16.6. The van der Waals surface area contributed by atoms with Crippen molar-refractivity contribution < 1.29 is 53.1 Å². The van der Waals surface area contributed by atoms with Gasteiger partial charge >= 0.3 is 17.9 Å². The van der Waals surface area contributed by atoms with Crippen LogP contribution in [0.2, 0.25) is 0 Å². The maximum absolute atomic E-state index is 16.6. The van der Waals surface area contributed by atoms with Crippen LogP contribution in [0.1, 0.15) is 78.1 Å². The number of rotatable bonds is 5. The molecule has 9 atom stereocenters. The zero-order valence-electron chi connectivity index (χ0n) is 25.5. The summed E-state index contributed by atoms with van der Waals surface area (Å²) in [5, 5.41) is 35.6. The van der Waals surface area contributed by atoms with Gasteiger partial charge in [-0.2, -0.15) is 0 Å². The Bertz CT molecular complexity index is 1340. The standard InChI is InChI=1S/C32H41FO10/c1-8-31(43-18(4)35)22(37)14-21(33)30(7)25(31)27(42-28(39)19-12-10-9-11-13-19)32(40)15-20(36)16(2)23(29(32,5)6)24(26(30)38)41-17(3)34/h9-13,16,20-22,25,27,36-37,40H,8,14-15H2,1-7H3/t16?,20-,21?,22+,25?,27-,30+,31-,32+/m0/s1. The number of ketones is 1. The zero-order valence-corrected chi connectivity index (χ0v) is 25.5. The molecule has 2 saturated carbocycles. The Morgan fingerprint density at radius 3 is 2.19 bits per heavy atom. The van der Waals surface area contributed by atoms with Crippen molar-refractivity contribution in [1.29, 1.82) is 0 Å². The summed E-state index contributed by atoms with van der Waals surface area (Å²) in [6, 6.07) is 7.81. The number of hydrogen-bond acceptors (Lipinski definition) is 10. The number of carbonyl (C=O) groups is 4. The van der Waals surface area contributed by atoms with E-state index in [1.165, 1.54) is 19.1 Å². The lowest BCUT2D eigenvalue weighted by atomic mass is 9.45. The van der Waals surface area contributed by atoms with Crippen LogP contribution >= 0.6 is 0 Å². The van der Waals surface area contributed by atoms with E-state index in [-0.39, 0.29) is 17.6 Å². The normalized spacial score (nSPS) is 38.7. The van der Waals surface area contributed by atoms with Crippen LogP contribution in [0.5, 0.6) is 0 Å². The van der Waals surface area contributed by atoms with Crippen LogP contribution in [0.3, 0.4) is 0 Å². The monoisotopic (exact) mass is 604 g/mol. The van der Waals surface area contributed by atoms with Crippen molar-refractivity contribution in [3.63, 3.8) is 0 Å². The van der Waals surface area contributed by atoms with Gasteiger partial charge in [-0.1, -0.05) is 45.9 Å². The molecule has 1 aromatic carbocycles. The fourth-order valence-electron chi connectivity index (χ4n) is 7.85. The third-order valence-corrected chi connectivity index (χ3v) is 10.2. The van der Waals surface area contributed by atoms with E-state index in [1.54, 1.807) is 45.9 Å². The first kappa shape index (κ1) is 32.8. The third-order valence-electron chi connectivity index (χ3n) is 10.2. The van der Waals surface area contributed by atoms with E-state index in [9.17, 15) is 34.5 Å². The van der Waals surface area contributed by atoms with Gasteiger partial charge in [0.05, 0.1) is 29.1 Å². The van der Waals surface area contributed by atoms with Crippen molar-refractivity contribution in [2.24, 2.45) is 22.7 Å². The lowest BCUT2D eigenvalue weighted by molar-refractivity contribution is -0.278. The summed E-state index contributed by atoms with van der Waals surface area (Å²) < 4.78 is 34.0. The number of aliphatic hydroxyl groups is 3. The highest BCUT2D eigenvalue weighted by Gasteiger charge is 2.75. The number of benzene rings is 1. The van der Waals surface area contributed by atoms with Gasteiger partial charge in [0.25, 0.3) is 0 Å². The molecule has 3 unspecified atom stereocenters. The number of Topliss-reactive ketones (excluding diaryl/α,β-unsaturated/α-hetero) is 1. The molecule has 0 amide bonds. The lowest BCUT2D eigenvalue weighted by Gasteiger charge is -2.64. The van der Waals surface area contributed by atoms with E-state index in [2.05, 4.69) is 0 Å². The summed E-state index contributed by atoms with van der Waals surface area (Å²) in [6.45, 7) is 9.67. The summed E-state index contributed by atoms with van der Waals surface area (Å²) in [5.41, 5.74) is -7.95. The average molecular weight is 605 g/mol. The van der Waals surface area contributed by atoms with Crippen LogP contribution in [0.15, 0.2) is 41.7 Å². The molecule has 11 heteroatoms. The Balaban J connectivity index is 2.17. The first-order valence-corrected chi connectivity index (χ1v) is 14.6. The summed E-state index contributed by atoms with van der Waals surface area (Å²) >= 11 is 0. The molecule has 3 aliphatic carbocycles. The van der Waals surface area contributed by atoms with Crippen LogP contribution in [0, 0.1) is 22.7 Å². The molecule has 0 aromatic heterocycles. The van der Waals surface area contributed by atoms with Gasteiger partial charge in [0, 0.05) is 38.0 Å². The Morgan fingerprint density at radius 1 is 1.05 bits per heavy atom. The van der Waals surface area contributed by atoms with Gasteiger partial charge in [0.2, 0.25) is 5.78 Å². The highest BCUT2D eigenvalue weighted by atomic mass is 19.1. The van der Waals surface area contributed by atoms with Crippen LogP contribution in [-0.2, 0) is 28.6 Å². The smallest absolute Gasteiger partial charge is 0.338 e. The highest BCUT2D eigenvalue weighted by molar-refractivity contribution is 6.02. The molecule has 0 heterocycles. The van der Waals surface area contributed by atoms with Gasteiger partial charge in [-0.15, -0.1) is 0 Å². The third kappa shape index (κ3) is 4.80. The Morgan fingerprint density at radius 2 is 1.65 bits per heavy atom. The second kappa shape index (κ2) is 11.1. The molecule has 0 saturated heterocycles. The van der Waals surface area contributed by atoms with E-state index in [0.29, 0.717) is 0 Å². The van der Waals surface area contributed by atoms with Crippen molar-refractivity contribution in [2.45, 2.75) is 103 Å². The molecular formula is C32H41FO10. The van der Waals surface area contributed by atoms with E-state index < -0.39 is 101 Å².